The second kappa shape index (κ2) is 5.72. The molecule has 1 aliphatic rings. The molecule has 0 atom stereocenters. The third-order valence-corrected chi connectivity index (χ3v) is 5.89. The highest BCUT2D eigenvalue weighted by Crippen LogP contribution is 2.34. The molecule has 0 unspecified atom stereocenters. The molecular formula is C15H12Cl2FNO2S. The zero-order valence-electron chi connectivity index (χ0n) is 11.3. The molecule has 1 aliphatic carbocycles. The molecule has 0 aromatic heterocycles. The number of hydrogen-bond acceptors (Lipinski definition) is 2. The van der Waals surface area contributed by atoms with Gasteiger partial charge in [0.15, 0.2) is 0 Å². The standard InChI is InChI=1S/C15H12Cl2FNO2S/c16-13-8-10(19-22(20,21)11-3-4-11)2-5-12(13)9-1-6-15(18)14(17)7-9/h1-2,5-8,11,19H,3-4H2. The maximum atomic E-state index is 13.2. The lowest BCUT2D eigenvalue weighted by atomic mass is 10.1. The Morgan fingerprint density at radius 3 is 2.36 bits per heavy atom. The van der Waals surface area contributed by atoms with Crippen LogP contribution in [0.3, 0.4) is 0 Å². The van der Waals surface area contributed by atoms with Crippen LogP contribution in [-0.2, 0) is 10.0 Å². The van der Waals surface area contributed by atoms with E-state index in [9.17, 15) is 12.8 Å². The van der Waals surface area contributed by atoms with E-state index in [2.05, 4.69) is 4.72 Å². The summed E-state index contributed by atoms with van der Waals surface area (Å²) >= 11 is 12.0. The first-order valence-corrected chi connectivity index (χ1v) is 8.93. The van der Waals surface area contributed by atoms with Crippen LogP contribution in [0.4, 0.5) is 10.1 Å². The summed E-state index contributed by atoms with van der Waals surface area (Å²) in [5, 5.41) is 0.0626. The van der Waals surface area contributed by atoms with E-state index in [-0.39, 0.29) is 10.3 Å². The Bertz CT molecular complexity index is 835. The van der Waals surface area contributed by atoms with Crippen molar-refractivity contribution in [3.8, 4) is 11.1 Å². The van der Waals surface area contributed by atoms with Gasteiger partial charge in [-0.25, -0.2) is 12.8 Å². The number of benzene rings is 2. The number of hydrogen-bond donors (Lipinski definition) is 1. The smallest absolute Gasteiger partial charge is 0.235 e. The van der Waals surface area contributed by atoms with Crippen molar-refractivity contribution in [3.05, 3.63) is 52.3 Å². The molecule has 0 heterocycles. The second-order valence-corrected chi connectivity index (χ2v) is 7.95. The summed E-state index contributed by atoms with van der Waals surface area (Å²) in [6.45, 7) is 0. The van der Waals surface area contributed by atoms with Crippen LogP contribution in [0.1, 0.15) is 12.8 Å². The highest BCUT2D eigenvalue weighted by atomic mass is 35.5. The Morgan fingerprint density at radius 2 is 1.77 bits per heavy atom. The second-order valence-electron chi connectivity index (χ2n) is 5.17. The van der Waals surface area contributed by atoms with Gasteiger partial charge in [0.2, 0.25) is 10.0 Å². The monoisotopic (exact) mass is 359 g/mol. The fourth-order valence-electron chi connectivity index (χ4n) is 2.10. The van der Waals surface area contributed by atoms with E-state index >= 15 is 0 Å². The van der Waals surface area contributed by atoms with Crippen LogP contribution in [-0.4, -0.2) is 13.7 Å². The van der Waals surface area contributed by atoms with Crippen LogP contribution in [0.5, 0.6) is 0 Å². The first-order chi connectivity index (χ1) is 10.4. The van der Waals surface area contributed by atoms with Crippen LogP contribution in [0, 0.1) is 5.82 Å². The van der Waals surface area contributed by atoms with E-state index in [4.69, 9.17) is 23.2 Å². The fraction of sp³-hybridized carbons (Fsp3) is 0.200. The van der Waals surface area contributed by atoms with Gasteiger partial charge in [-0.2, -0.15) is 0 Å². The van der Waals surface area contributed by atoms with Crippen molar-refractivity contribution in [2.24, 2.45) is 0 Å². The van der Waals surface area contributed by atoms with E-state index < -0.39 is 15.8 Å². The topological polar surface area (TPSA) is 46.2 Å². The van der Waals surface area contributed by atoms with Crippen LogP contribution in [0.25, 0.3) is 11.1 Å². The zero-order chi connectivity index (χ0) is 15.9. The average molecular weight is 360 g/mol. The van der Waals surface area contributed by atoms with E-state index in [1.165, 1.54) is 18.2 Å². The lowest BCUT2D eigenvalue weighted by Crippen LogP contribution is -2.17. The Balaban J connectivity index is 1.90. The van der Waals surface area contributed by atoms with Crippen LogP contribution >= 0.6 is 23.2 Å². The van der Waals surface area contributed by atoms with Crippen molar-refractivity contribution in [1.29, 1.82) is 0 Å². The minimum Gasteiger partial charge on any atom is -0.283 e. The van der Waals surface area contributed by atoms with Crippen molar-refractivity contribution < 1.29 is 12.8 Å². The molecule has 2 aromatic rings. The molecule has 0 saturated heterocycles. The highest BCUT2D eigenvalue weighted by Gasteiger charge is 2.35. The molecule has 3 nitrogen and oxygen atoms in total. The normalized spacial score (nSPS) is 14.9. The predicted octanol–water partition coefficient (Wildman–Crippen LogP) is 4.70. The Kier molecular flexibility index (Phi) is 4.05. The molecule has 1 N–H and O–H groups in total. The quantitative estimate of drug-likeness (QED) is 0.859. The van der Waals surface area contributed by atoms with Crippen molar-refractivity contribution in [3.63, 3.8) is 0 Å². The minimum atomic E-state index is -3.33. The number of nitrogens with one attached hydrogen (secondary N) is 1. The van der Waals surface area contributed by atoms with Gasteiger partial charge in [0.1, 0.15) is 5.82 Å². The lowest BCUT2D eigenvalue weighted by molar-refractivity contribution is 0.600. The number of halogens is 3. The number of rotatable bonds is 4. The number of anilines is 1. The SMILES string of the molecule is O=S(=O)(Nc1ccc(-c2ccc(F)c(Cl)c2)c(Cl)c1)C1CC1. The largest absolute Gasteiger partial charge is 0.283 e. The van der Waals surface area contributed by atoms with Crippen molar-refractivity contribution >= 4 is 38.9 Å². The van der Waals surface area contributed by atoms with Gasteiger partial charge in [-0.3, -0.25) is 4.72 Å². The molecule has 2 aromatic carbocycles. The molecule has 0 spiro atoms. The maximum Gasteiger partial charge on any atom is 0.235 e. The van der Waals surface area contributed by atoms with Gasteiger partial charge in [0.25, 0.3) is 0 Å². The fourth-order valence-corrected chi connectivity index (χ4v) is 3.95. The average Bonchev–Trinajstić information content (AvgIpc) is 3.27. The third-order valence-electron chi connectivity index (χ3n) is 3.42. The summed E-state index contributed by atoms with van der Waals surface area (Å²) in [5.41, 5.74) is 1.72. The van der Waals surface area contributed by atoms with Crippen molar-refractivity contribution in [2.45, 2.75) is 18.1 Å². The van der Waals surface area contributed by atoms with Gasteiger partial charge in [0.05, 0.1) is 15.3 Å². The predicted molar refractivity (Wildman–Crippen MR) is 87.4 cm³/mol. The molecule has 1 saturated carbocycles. The van der Waals surface area contributed by atoms with Crippen LogP contribution in [0.15, 0.2) is 36.4 Å². The maximum absolute atomic E-state index is 13.2. The van der Waals surface area contributed by atoms with Crippen molar-refractivity contribution in [1.82, 2.24) is 0 Å². The van der Waals surface area contributed by atoms with E-state index in [1.54, 1.807) is 18.2 Å². The van der Waals surface area contributed by atoms with E-state index in [0.29, 0.717) is 34.7 Å². The van der Waals surface area contributed by atoms with Gasteiger partial charge in [0, 0.05) is 11.3 Å². The molecule has 7 heteroatoms. The van der Waals surface area contributed by atoms with Crippen molar-refractivity contribution in [2.75, 3.05) is 4.72 Å². The molecule has 22 heavy (non-hydrogen) atoms. The summed E-state index contributed by atoms with van der Waals surface area (Å²) in [4.78, 5) is 0. The summed E-state index contributed by atoms with van der Waals surface area (Å²) in [6, 6.07) is 9.14. The molecular weight excluding hydrogens is 348 g/mol. The molecule has 116 valence electrons. The lowest BCUT2D eigenvalue weighted by Gasteiger charge is -2.10. The van der Waals surface area contributed by atoms with Gasteiger partial charge in [-0.1, -0.05) is 35.3 Å². The summed E-state index contributed by atoms with van der Waals surface area (Å²) in [7, 11) is -3.33. The molecule has 0 aliphatic heterocycles. The Labute approximate surface area is 138 Å². The first-order valence-electron chi connectivity index (χ1n) is 6.63. The summed E-state index contributed by atoms with van der Waals surface area (Å²) < 4.78 is 39.5. The molecule has 0 radical (unpaired) electrons. The molecule has 0 bridgehead atoms. The van der Waals surface area contributed by atoms with E-state index in [0.717, 1.165) is 0 Å². The summed E-state index contributed by atoms with van der Waals surface area (Å²) in [5.74, 6) is -0.504. The van der Waals surface area contributed by atoms with Gasteiger partial charge >= 0.3 is 0 Å². The summed E-state index contributed by atoms with van der Waals surface area (Å²) in [6.07, 6.45) is 1.38. The van der Waals surface area contributed by atoms with Gasteiger partial charge < -0.3 is 0 Å². The number of sulfonamides is 1. The first kappa shape index (κ1) is 15.6. The van der Waals surface area contributed by atoms with E-state index in [1.807, 2.05) is 0 Å². The molecule has 0 amide bonds. The minimum absolute atomic E-state index is 0.00655. The zero-order valence-corrected chi connectivity index (χ0v) is 13.6. The Morgan fingerprint density at radius 1 is 1.05 bits per heavy atom. The highest BCUT2D eigenvalue weighted by molar-refractivity contribution is 7.93. The Hall–Kier alpha value is -1.30. The van der Waals surface area contributed by atoms with Crippen LogP contribution < -0.4 is 4.72 Å². The molecule has 3 rings (SSSR count). The van der Waals surface area contributed by atoms with Gasteiger partial charge in [-0.15, -0.1) is 0 Å². The van der Waals surface area contributed by atoms with Gasteiger partial charge in [-0.05, 0) is 42.7 Å². The molecule has 1 fully saturated rings. The third kappa shape index (κ3) is 3.21. The van der Waals surface area contributed by atoms with Crippen LogP contribution in [0.2, 0.25) is 10.0 Å².